The first kappa shape index (κ1) is 18.2. The minimum Gasteiger partial charge on any atom is -0.475 e. The number of furan rings is 1. The van der Waals surface area contributed by atoms with E-state index < -0.39 is 0 Å². The van der Waals surface area contributed by atoms with Crippen molar-refractivity contribution in [3.05, 3.63) is 36.7 Å². The van der Waals surface area contributed by atoms with E-state index in [0.29, 0.717) is 48.3 Å². The maximum atomic E-state index is 9.33. The van der Waals surface area contributed by atoms with Crippen molar-refractivity contribution in [3.63, 3.8) is 0 Å². The van der Waals surface area contributed by atoms with Crippen LogP contribution >= 0.6 is 0 Å². The van der Waals surface area contributed by atoms with Crippen molar-refractivity contribution in [1.82, 2.24) is 19.6 Å². The van der Waals surface area contributed by atoms with Gasteiger partial charge in [-0.15, -0.1) is 5.10 Å². The third-order valence-corrected chi connectivity index (χ3v) is 4.43. The Morgan fingerprint density at radius 3 is 2.96 bits per heavy atom. The normalized spacial score (nSPS) is 11.4. The average Bonchev–Trinajstić information content (AvgIpc) is 3.33. The van der Waals surface area contributed by atoms with Crippen molar-refractivity contribution in [2.75, 3.05) is 37.7 Å². The van der Waals surface area contributed by atoms with Crippen molar-refractivity contribution >= 4 is 22.4 Å². The van der Waals surface area contributed by atoms with Gasteiger partial charge in [0.05, 0.1) is 18.2 Å². The topological polar surface area (TPSA) is 115 Å². The lowest BCUT2D eigenvalue weighted by Crippen LogP contribution is -2.27. The first-order valence-electron chi connectivity index (χ1n) is 9.17. The van der Waals surface area contributed by atoms with E-state index in [0.717, 1.165) is 17.7 Å². The van der Waals surface area contributed by atoms with Gasteiger partial charge in [0.1, 0.15) is 23.7 Å². The highest BCUT2D eigenvalue weighted by Crippen LogP contribution is 2.32. The fourth-order valence-electron chi connectivity index (χ4n) is 3.13. The number of pyridine rings is 1. The number of anilines is 1. The standard InChI is InChI=1S/C19H22N6O3/c1-2-24(8-9-26)19-13-11-16(28-15(13)5-7-21-19)14-12-22-17-3-4-18(23-25(14)17)27-10-6-20/h3-5,7,11-12,26H,2,6,8-10,20H2,1H3. The summed E-state index contributed by atoms with van der Waals surface area (Å²) < 4.78 is 13.3. The van der Waals surface area contributed by atoms with Crippen LogP contribution in [0.2, 0.25) is 0 Å². The Kier molecular flexibility index (Phi) is 5.09. The van der Waals surface area contributed by atoms with Crippen LogP contribution in [0.15, 0.2) is 41.1 Å². The average molecular weight is 382 g/mol. The van der Waals surface area contributed by atoms with E-state index in [1.165, 1.54) is 0 Å². The van der Waals surface area contributed by atoms with Gasteiger partial charge in [-0.3, -0.25) is 0 Å². The second-order valence-electron chi connectivity index (χ2n) is 6.18. The molecule has 0 bridgehead atoms. The van der Waals surface area contributed by atoms with E-state index in [-0.39, 0.29) is 6.61 Å². The number of rotatable bonds is 8. The molecule has 0 aliphatic carbocycles. The SMILES string of the molecule is CCN(CCO)c1nccc2oc(-c3cnc4ccc(OCCN)nn34)cc12. The highest BCUT2D eigenvalue weighted by atomic mass is 16.5. The van der Waals surface area contributed by atoms with Gasteiger partial charge in [-0.05, 0) is 25.1 Å². The molecule has 3 N–H and O–H groups in total. The molecule has 0 aliphatic rings. The van der Waals surface area contributed by atoms with Crippen molar-refractivity contribution in [2.24, 2.45) is 5.73 Å². The summed E-state index contributed by atoms with van der Waals surface area (Å²) in [6.07, 6.45) is 3.42. The predicted molar refractivity (Wildman–Crippen MR) is 106 cm³/mol. The fraction of sp³-hybridized carbons (Fsp3) is 0.316. The number of nitrogens with zero attached hydrogens (tertiary/aromatic N) is 5. The molecule has 4 aromatic heterocycles. The summed E-state index contributed by atoms with van der Waals surface area (Å²) in [4.78, 5) is 10.9. The van der Waals surface area contributed by atoms with E-state index in [1.54, 1.807) is 23.0 Å². The van der Waals surface area contributed by atoms with Gasteiger partial charge in [-0.1, -0.05) is 0 Å². The maximum absolute atomic E-state index is 9.33. The van der Waals surface area contributed by atoms with E-state index >= 15 is 0 Å². The van der Waals surface area contributed by atoms with Gasteiger partial charge >= 0.3 is 0 Å². The molecule has 4 rings (SSSR count). The second-order valence-corrected chi connectivity index (χ2v) is 6.18. The lowest BCUT2D eigenvalue weighted by molar-refractivity contribution is 0.302. The van der Waals surface area contributed by atoms with Crippen LogP contribution < -0.4 is 15.4 Å². The molecular weight excluding hydrogens is 360 g/mol. The molecule has 0 unspecified atom stereocenters. The number of likely N-dealkylation sites (N-methyl/N-ethyl adjacent to an activating group) is 1. The molecule has 0 saturated carbocycles. The number of aromatic nitrogens is 4. The molecule has 0 spiro atoms. The van der Waals surface area contributed by atoms with Crippen LogP contribution in [-0.2, 0) is 0 Å². The third-order valence-electron chi connectivity index (χ3n) is 4.43. The maximum Gasteiger partial charge on any atom is 0.231 e. The molecule has 4 heterocycles. The van der Waals surface area contributed by atoms with E-state index in [9.17, 15) is 5.11 Å². The van der Waals surface area contributed by atoms with E-state index in [4.69, 9.17) is 14.9 Å². The molecule has 0 atom stereocenters. The number of fused-ring (bicyclic) bond motifs is 2. The predicted octanol–water partition coefficient (Wildman–Crippen LogP) is 1.69. The molecule has 0 radical (unpaired) electrons. The Morgan fingerprint density at radius 2 is 2.18 bits per heavy atom. The number of aliphatic hydroxyl groups is 1. The van der Waals surface area contributed by atoms with Gasteiger partial charge in [0.2, 0.25) is 5.88 Å². The van der Waals surface area contributed by atoms with Gasteiger partial charge in [0.15, 0.2) is 11.4 Å². The fourth-order valence-corrected chi connectivity index (χ4v) is 3.13. The molecule has 9 nitrogen and oxygen atoms in total. The van der Waals surface area contributed by atoms with Crippen LogP contribution in [0.5, 0.6) is 5.88 Å². The summed E-state index contributed by atoms with van der Waals surface area (Å²) in [7, 11) is 0. The molecule has 28 heavy (non-hydrogen) atoms. The van der Waals surface area contributed by atoms with Crippen molar-refractivity contribution < 1.29 is 14.3 Å². The monoisotopic (exact) mass is 382 g/mol. The number of hydrogen-bond acceptors (Lipinski definition) is 8. The second kappa shape index (κ2) is 7.83. The number of hydrogen-bond donors (Lipinski definition) is 2. The summed E-state index contributed by atoms with van der Waals surface area (Å²) in [6.45, 7) is 4.11. The summed E-state index contributed by atoms with van der Waals surface area (Å²) >= 11 is 0. The van der Waals surface area contributed by atoms with Crippen LogP contribution in [0.1, 0.15) is 6.92 Å². The number of nitrogens with two attached hydrogens (primary N) is 1. The largest absolute Gasteiger partial charge is 0.475 e. The highest BCUT2D eigenvalue weighted by Gasteiger charge is 2.17. The van der Waals surface area contributed by atoms with E-state index in [1.807, 2.05) is 30.0 Å². The molecule has 0 aromatic carbocycles. The summed E-state index contributed by atoms with van der Waals surface area (Å²) in [5.41, 5.74) is 7.60. The molecular formula is C19H22N6O3. The van der Waals surface area contributed by atoms with Crippen LogP contribution in [0, 0.1) is 0 Å². The van der Waals surface area contributed by atoms with Crippen LogP contribution in [0.25, 0.3) is 28.1 Å². The van der Waals surface area contributed by atoms with Crippen LogP contribution in [0.4, 0.5) is 5.82 Å². The zero-order valence-corrected chi connectivity index (χ0v) is 15.6. The molecule has 146 valence electrons. The quantitative estimate of drug-likeness (QED) is 0.473. The minimum atomic E-state index is 0.0549. The summed E-state index contributed by atoms with van der Waals surface area (Å²) in [5.74, 6) is 1.87. The van der Waals surface area contributed by atoms with Crippen LogP contribution in [-0.4, -0.2) is 57.5 Å². The van der Waals surface area contributed by atoms with Gasteiger partial charge in [0.25, 0.3) is 0 Å². The Bertz CT molecular complexity index is 1090. The lowest BCUT2D eigenvalue weighted by atomic mass is 10.2. The molecule has 0 amide bonds. The molecule has 9 heteroatoms. The summed E-state index contributed by atoms with van der Waals surface area (Å²) in [5, 5.41) is 14.7. The number of aliphatic hydroxyl groups excluding tert-OH is 1. The Labute approximate surface area is 161 Å². The first-order chi connectivity index (χ1) is 13.7. The number of ether oxygens (including phenoxy) is 1. The van der Waals surface area contributed by atoms with E-state index in [2.05, 4.69) is 15.1 Å². The van der Waals surface area contributed by atoms with Crippen molar-refractivity contribution in [1.29, 1.82) is 0 Å². The van der Waals surface area contributed by atoms with Crippen molar-refractivity contribution in [3.8, 4) is 17.3 Å². The van der Waals surface area contributed by atoms with Gasteiger partial charge in [-0.2, -0.15) is 0 Å². The molecule has 0 aliphatic heterocycles. The smallest absolute Gasteiger partial charge is 0.231 e. The van der Waals surface area contributed by atoms with Gasteiger partial charge < -0.3 is 24.9 Å². The zero-order chi connectivity index (χ0) is 19.5. The zero-order valence-electron chi connectivity index (χ0n) is 15.6. The van der Waals surface area contributed by atoms with Gasteiger partial charge in [0, 0.05) is 31.9 Å². The Balaban J connectivity index is 1.79. The Hall–Kier alpha value is -3.17. The Morgan fingerprint density at radius 1 is 1.29 bits per heavy atom. The van der Waals surface area contributed by atoms with Crippen LogP contribution in [0.3, 0.4) is 0 Å². The minimum absolute atomic E-state index is 0.0549. The molecule has 0 saturated heterocycles. The first-order valence-corrected chi connectivity index (χ1v) is 9.17. The lowest BCUT2D eigenvalue weighted by Gasteiger charge is -2.20. The summed E-state index contributed by atoms with van der Waals surface area (Å²) in [6, 6.07) is 7.34. The molecule has 0 fully saturated rings. The van der Waals surface area contributed by atoms with Gasteiger partial charge in [-0.25, -0.2) is 14.5 Å². The van der Waals surface area contributed by atoms with Crippen molar-refractivity contribution in [2.45, 2.75) is 6.92 Å². The number of imidazole rings is 1. The molecule has 4 aromatic rings. The third kappa shape index (κ3) is 3.25. The highest BCUT2D eigenvalue weighted by molar-refractivity contribution is 5.91.